The summed E-state index contributed by atoms with van der Waals surface area (Å²) in [6.45, 7) is -0.270. The van der Waals surface area contributed by atoms with E-state index in [1.165, 1.54) is 27.7 Å². The molecule has 2 aromatic heterocycles. The molecule has 1 unspecified atom stereocenters. The van der Waals surface area contributed by atoms with E-state index in [4.69, 9.17) is 16.2 Å². The summed E-state index contributed by atoms with van der Waals surface area (Å²) in [6, 6.07) is 9.10. The van der Waals surface area contributed by atoms with Crippen molar-refractivity contribution >= 4 is 17.7 Å². The Labute approximate surface area is 171 Å². The number of hydrogen-bond donors (Lipinski definition) is 4. The molecule has 0 saturated heterocycles. The van der Waals surface area contributed by atoms with E-state index in [0.717, 1.165) is 0 Å². The molecular weight excluding hydrogens is 388 g/mol. The first-order chi connectivity index (χ1) is 14.3. The van der Waals surface area contributed by atoms with Gasteiger partial charge >= 0.3 is 11.7 Å². The molecule has 0 bridgehead atoms. The number of rotatable bonds is 8. The highest BCUT2D eigenvalue weighted by Gasteiger charge is 2.19. The van der Waals surface area contributed by atoms with Crippen LogP contribution in [0.2, 0.25) is 0 Å². The molecule has 2 heterocycles. The average Bonchev–Trinajstić information content (AvgIpc) is 3.08. The number of nitrogens with zero attached hydrogens (tertiary/aromatic N) is 3. The van der Waals surface area contributed by atoms with Crippen LogP contribution in [0.1, 0.15) is 23.6 Å². The Morgan fingerprint density at radius 3 is 2.53 bits per heavy atom. The fourth-order valence-corrected chi connectivity index (χ4v) is 2.94. The topological polar surface area (TPSA) is 156 Å². The van der Waals surface area contributed by atoms with Crippen LogP contribution >= 0.6 is 0 Å². The molecule has 3 aromatic rings. The lowest BCUT2D eigenvalue weighted by atomic mass is 10.1. The van der Waals surface area contributed by atoms with Gasteiger partial charge in [-0.1, -0.05) is 6.07 Å². The number of carbonyl (C=O) groups is 2. The number of carbonyl (C=O) groups excluding carboxylic acids is 1. The number of amidine groups is 1. The van der Waals surface area contributed by atoms with Crippen LogP contribution in [-0.4, -0.2) is 36.9 Å². The molecule has 0 fully saturated rings. The largest absolute Gasteiger partial charge is 0.481 e. The molecule has 0 spiro atoms. The van der Waals surface area contributed by atoms with Gasteiger partial charge in [0, 0.05) is 30.4 Å². The number of nitrogens with one attached hydrogen (secondary N) is 2. The molecule has 5 N–H and O–H groups in total. The SMILES string of the molecule is N=C(N)c1ccc(-n2ccn(CC(=O)NC(CC(=O)O)c3cccnc3)c2=O)cc1. The van der Waals surface area contributed by atoms with Crippen molar-refractivity contribution in [1.82, 2.24) is 19.4 Å². The van der Waals surface area contributed by atoms with Crippen LogP contribution in [0.3, 0.4) is 0 Å². The number of amides is 1. The van der Waals surface area contributed by atoms with E-state index in [0.29, 0.717) is 16.8 Å². The fraction of sp³-hybridized carbons (Fsp3) is 0.150. The van der Waals surface area contributed by atoms with Crippen LogP contribution in [0.25, 0.3) is 5.69 Å². The van der Waals surface area contributed by atoms with Crippen LogP contribution in [0.15, 0.2) is 66.0 Å². The number of nitrogens with two attached hydrogens (primary N) is 1. The van der Waals surface area contributed by atoms with Gasteiger partial charge in [-0.3, -0.25) is 29.1 Å². The summed E-state index contributed by atoms with van der Waals surface area (Å²) in [5.41, 5.74) is 6.65. The molecule has 0 saturated carbocycles. The van der Waals surface area contributed by atoms with Crippen molar-refractivity contribution in [2.45, 2.75) is 19.0 Å². The van der Waals surface area contributed by atoms with Gasteiger partial charge < -0.3 is 16.2 Å². The monoisotopic (exact) mass is 408 g/mol. The van der Waals surface area contributed by atoms with Crippen LogP contribution in [-0.2, 0) is 16.1 Å². The van der Waals surface area contributed by atoms with E-state index in [1.54, 1.807) is 42.6 Å². The van der Waals surface area contributed by atoms with E-state index in [1.807, 2.05) is 0 Å². The zero-order valence-electron chi connectivity index (χ0n) is 15.9. The Morgan fingerprint density at radius 1 is 1.20 bits per heavy atom. The summed E-state index contributed by atoms with van der Waals surface area (Å²) in [5.74, 6) is -1.65. The molecule has 1 amide bonds. The van der Waals surface area contributed by atoms with E-state index in [-0.39, 0.29) is 18.8 Å². The van der Waals surface area contributed by atoms with Gasteiger partial charge in [0.1, 0.15) is 12.4 Å². The number of aromatic nitrogens is 3. The second kappa shape index (κ2) is 8.86. The Hall–Kier alpha value is -4.21. The van der Waals surface area contributed by atoms with Crippen molar-refractivity contribution in [2.75, 3.05) is 0 Å². The Balaban J connectivity index is 1.74. The predicted molar refractivity (Wildman–Crippen MR) is 108 cm³/mol. The number of carboxylic acids is 1. The molecule has 1 atom stereocenters. The Bertz CT molecular complexity index is 1120. The summed E-state index contributed by atoms with van der Waals surface area (Å²) in [4.78, 5) is 40.2. The number of hydrogen-bond acceptors (Lipinski definition) is 5. The standard InChI is InChI=1S/C20H20N6O4/c21-19(22)13-3-5-15(6-4-13)26-9-8-25(20(26)30)12-17(27)24-16(10-18(28)29)14-2-1-7-23-11-14/h1-9,11,16H,10,12H2,(H3,21,22)(H,24,27)(H,28,29). The molecule has 0 radical (unpaired) electrons. The predicted octanol–water partition coefficient (Wildman–Crippen LogP) is 0.650. The highest BCUT2D eigenvalue weighted by atomic mass is 16.4. The van der Waals surface area contributed by atoms with Crippen LogP contribution < -0.4 is 16.7 Å². The maximum Gasteiger partial charge on any atom is 0.333 e. The summed E-state index contributed by atoms with van der Waals surface area (Å²) >= 11 is 0. The van der Waals surface area contributed by atoms with E-state index >= 15 is 0 Å². The highest BCUT2D eigenvalue weighted by molar-refractivity contribution is 5.95. The number of imidazole rings is 1. The number of pyridine rings is 1. The second-order valence-electron chi connectivity index (χ2n) is 6.54. The van der Waals surface area contributed by atoms with Crippen LogP contribution in [0.5, 0.6) is 0 Å². The van der Waals surface area contributed by atoms with Gasteiger partial charge in [-0.15, -0.1) is 0 Å². The molecular formula is C20H20N6O4. The minimum atomic E-state index is -1.07. The minimum Gasteiger partial charge on any atom is -0.481 e. The molecule has 10 nitrogen and oxygen atoms in total. The van der Waals surface area contributed by atoms with Gasteiger partial charge in [0.25, 0.3) is 0 Å². The highest BCUT2D eigenvalue weighted by Crippen LogP contribution is 2.15. The molecule has 0 aliphatic rings. The number of aliphatic carboxylic acids is 1. The van der Waals surface area contributed by atoms with Crippen LogP contribution in [0, 0.1) is 5.41 Å². The maximum atomic E-state index is 12.6. The van der Waals surface area contributed by atoms with Gasteiger partial charge in [0.05, 0.1) is 18.2 Å². The first-order valence-electron chi connectivity index (χ1n) is 8.99. The van der Waals surface area contributed by atoms with Gasteiger partial charge in [-0.05, 0) is 35.9 Å². The Morgan fingerprint density at radius 2 is 1.93 bits per heavy atom. The number of nitrogen functional groups attached to an aromatic ring is 1. The zero-order chi connectivity index (χ0) is 21.7. The van der Waals surface area contributed by atoms with Gasteiger partial charge in [0.15, 0.2) is 0 Å². The van der Waals surface area contributed by atoms with Crippen molar-refractivity contribution in [1.29, 1.82) is 5.41 Å². The van der Waals surface area contributed by atoms with Crippen molar-refractivity contribution < 1.29 is 14.7 Å². The van der Waals surface area contributed by atoms with Crippen LogP contribution in [0.4, 0.5) is 0 Å². The second-order valence-corrected chi connectivity index (χ2v) is 6.54. The lowest BCUT2D eigenvalue weighted by Gasteiger charge is -2.17. The first-order valence-corrected chi connectivity index (χ1v) is 8.99. The summed E-state index contributed by atoms with van der Waals surface area (Å²) < 4.78 is 2.57. The normalized spacial score (nSPS) is 11.6. The lowest BCUT2D eigenvalue weighted by Crippen LogP contribution is -2.35. The maximum absolute atomic E-state index is 12.6. The van der Waals surface area contributed by atoms with Crippen molar-refractivity contribution in [3.05, 3.63) is 82.8 Å². The van der Waals surface area contributed by atoms with Crippen molar-refractivity contribution in [2.24, 2.45) is 5.73 Å². The summed E-state index contributed by atoms with van der Waals surface area (Å²) in [7, 11) is 0. The molecule has 0 aliphatic heterocycles. The van der Waals surface area contributed by atoms with Crippen molar-refractivity contribution in [3.8, 4) is 5.69 Å². The molecule has 30 heavy (non-hydrogen) atoms. The third kappa shape index (κ3) is 4.79. The lowest BCUT2D eigenvalue weighted by molar-refractivity contribution is -0.137. The quantitative estimate of drug-likeness (QED) is 0.317. The molecule has 3 rings (SSSR count). The molecule has 10 heteroatoms. The molecule has 0 aliphatic carbocycles. The van der Waals surface area contributed by atoms with Gasteiger partial charge in [-0.25, -0.2) is 4.79 Å². The van der Waals surface area contributed by atoms with Gasteiger partial charge in [0.2, 0.25) is 5.91 Å². The van der Waals surface area contributed by atoms with E-state index in [2.05, 4.69) is 10.3 Å². The molecule has 154 valence electrons. The molecule has 1 aromatic carbocycles. The zero-order valence-corrected chi connectivity index (χ0v) is 15.9. The fourth-order valence-electron chi connectivity index (χ4n) is 2.94. The van der Waals surface area contributed by atoms with Crippen molar-refractivity contribution in [3.63, 3.8) is 0 Å². The smallest absolute Gasteiger partial charge is 0.333 e. The first kappa shape index (κ1) is 20.5. The Kier molecular flexibility index (Phi) is 6.06. The summed E-state index contributed by atoms with van der Waals surface area (Å²) in [6.07, 6.45) is 5.72. The minimum absolute atomic E-state index is 0.0762. The number of benzene rings is 1. The van der Waals surface area contributed by atoms with Gasteiger partial charge in [-0.2, -0.15) is 0 Å². The number of carboxylic acid groups (broad SMARTS) is 1. The third-order valence-electron chi connectivity index (χ3n) is 4.42. The summed E-state index contributed by atoms with van der Waals surface area (Å²) in [5, 5.41) is 19.2. The van der Waals surface area contributed by atoms with E-state index in [9.17, 15) is 14.4 Å². The third-order valence-corrected chi connectivity index (χ3v) is 4.42. The van der Waals surface area contributed by atoms with E-state index < -0.39 is 23.6 Å². The average molecular weight is 408 g/mol.